The summed E-state index contributed by atoms with van der Waals surface area (Å²) in [4.78, 5) is 25.8. The lowest BCUT2D eigenvalue weighted by Gasteiger charge is -2.35. The van der Waals surface area contributed by atoms with E-state index in [1.54, 1.807) is 0 Å². The number of hydrogen-bond acceptors (Lipinski definition) is 3. The second-order valence-electron chi connectivity index (χ2n) is 4.37. The molecule has 2 rings (SSSR count). The summed E-state index contributed by atoms with van der Waals surface area (Å²) in [6, 6.07) is 0. The van der Waals surface area contributed by atoms with Crippen molar-refractivity contribution in [2.24, 2.45) is 10.7 Å². The number of nitrogens with two attached hydrogens (primary N) is 1. The minimum atomic E-state index is -2.18. The van der Waals surface area contributed by atoms with E-state index in [0.29, 0.717) is 12.8 Å². The van der Waals surface area contributed by atoms with Gasteiger partial charge in [-0.25, -0.2) is 4.39 Å². The molecule has 0 aromatic carbocycles. The Morgan fingerprint density at radius 1 is 1.31 bits per heavy atom. The number of aliphatic imine (C=N–C) groups is 1. The zero-order valence-electron chi connectivity index (χ0n) is 8.83. The van der Waals surface area contributed by atoms with E-state index in [-0.39, 0.29) is 5.84 Å². The van der Waals surface area contributed by atoms with Crippen molar-refractivity contribution in [3.63, 3.8) is 0 Å². The van der Waals surface area contributed by atoms with Crippen LogP contribution in [-0.4, -0.2) is 29.4 Å². The molecule has 1 fully saturated rings. The molecule has 5 nitrogen and oxygen atoms in total. The molecule has 0 aromatic rings. The van der Waals surface area contributed by atoms with E-state index in [9.17, 15) is 14.0 Å². The molecular weight excluding hydrogens is 213 g/mol. The van der Waals surface area contributed by atoms with E-state index in [2.05, 4.69) is 10.3 Å². The van der Waals surface area contributed by atoms with Crippen LogP contribution in [0.25, 0.3) is 0 Å². The Labute approximate surface area is 92.3 Å². The number of nitrogens with zero attached hydrogens (tertiary/aromatic N) is 1. The third kappa shape index (κ3) is 1.84. The van der Waals surface area contributed by atoms with Crippen LogP contribution < -0.4 is 11.1 Å². The van der Waals surface area contributed by atoms with E-state index in [1.165, 1.54) is 0 Å². The van der Waals surface area contributed by atoms with Crippen molar-refractivity contribution in [1.29, 1.82) is 0 Å². The fraction of sp³-hybridized carbons (Fsp3) is 0.700. The standard InChI is InChI=1S/C10H14FN3O2/c11-6-7(15)13-9(14-8(6)16)10(12)4-2-1-3-5-10/h6H,1-5,12H2,(H,13,14,15,16). The number of alkyl halides is 1. The number of amides is 2. The predicted octanol–water partition coefficient (Wildman–Crippen LogP) is 0.0410. The molecule has 1 unspecified atom stereocenters. The van der Waals surface area contributed by atoms with Gasteiger partial charge in [0.1, 0.15) is 5.84 Å². The van der Waals surface area contributed by atoms with Crippen LogP contribution in [0.15, 0.2) is 4.99 Å². The Kier molecular flexibility index (Phi) is 2.75. The molecule has 3 N–H and O–H groups in total. The molecule has 0 bridgehead atoms. The maximum Gasteiger partial charge on any atom is 0.291 e. The first kappa shape index (κ1) is 11.2. The molecule has 16 heavy (non-hydrogen) atoms. The highest BCUT2D eigenvalue weighted by atomic mass is 19.1. The van der Waals surface area contributed by atoms with E-state index in [1.807, 2.05) is 0 Å². The van der Waals surface area contributed by atoms with Crippen LogP contribution in [0.4, 0.5) is 4.39 Å². The molecule has 1 saturated carbocycles. The fourth-order valence-corrected chi connectivity index (χ4v) is 2.14. The summed E-state index contributed by atoms with van der Waals surface area (Å²) in [6.45, 7) is 0. The number of carbonyl (C=O) groups is 2. The minimum Gasteiger partial charge on any atom is -0.319 e. The second kappa shape index (κ2) is 3.93. The van der Waals surface area contributed by atoms with E-state index in [0.717, 1.165) is 19.3 Å². The molecule has 0 radical (unpaired) electrons. The van der Waals surface area contributed by atoms with Crippen LogP contribution in [0, 0.1) is 0 Å². The first-order valence-corrected chi connectivity index (χ1v) is 5.40. The van der Waals surface area contributed by atoms with Gasteiger partial charge in [-0.1, -0.05) is 19.3 Å². The summed E-state index contributed by atoms with van der Waals surface area (Å²) < 4.78 is 12.9. The van der Waals surface area contributed by atoms with Crippen LogP contribution in [0.3, 0.4) is 0 Å². The van der Waals surface area contributed by atoms with Crippen molar-refractivity contribution >= 4 is 17.6 Å². The summed E-state index contributed by atoms with van der Waals surface area (Å²) in [5.74, 6) is -1.87. The first-order valence-electron chi connectivity index (χ1n) is 5.40. The number of halogens is 1. The maximum atomic E-state index is 12.9. The molecule has 6 heteroatoms. The number of nitrogens with one attached hydrogen (secondary N) is 1. The van der Waals surface area contributed by atoms with Gasteiger partial charge >= 0.3 is 0 Å². The van der Waals surface area contributed by atoms with Crippen LogP contribution >= 0.6 is 0 Å². The number of carbonyl (C=O) groups excluding carboxylic acids is 2. The van der Waals surface area contributed by atoms with Crippen molar-refractivity contribution in [3.8, 4) is 0 Å². The number of rotatable bonds is 1. The van der Waals surface area contributed by atoms with Gasteiger partial charge in [0.15, 0.2) is 0 Å². The van der Waals surface area contributed by atoms with Crippen molar-refractivity contribution in [3.05, 3.63) is 0 Å². The Hall–Kier alpha value is -1.30. The lowest BCUT2D eigenvalue weighted by Crippen LogP contribution is -2.60. The van der Waals surface area contributed by atoms with Crippen LogP contribution in [0.2, 0.25) is 0 Å². The van der Waals surface area contributed by atoms with Crippen molar-refractivity contribution in [2.75, 3.05) is 0 Å². The highest BCUT2D eigenvalue weighted by molar-refractivity contribution is 6.19. The second-order valence-corrected chi connectivity index (χ2v) is 4.37. The molecule has 1 heterocycles. The molecule has 1 aliphatic heterocycles. The fourth-order valence-electron chi connectivity index (χ4n) is 2.14. The lowest BCUT2D eigenvalue weighted by atomic mass is 9.81. The van der Waals surface area contributed by atoms with Gasteiger partial charge in [-0.15, -0.1) is 0 Å². The SMILES string of the molecule is NC1(C2=NC(=O)C(F)C(=O)N2)CCCCC1. The lowest BCUT2D eigenvalue weighted by molar-refractivity contribution is -0.134. The topological polar surface area (TPSA) is 84.5 Å². The molecule has 88 valence electrons. The van der Waals surface area contributed by atoms with Gasteiger partial charge in [0.05, 0.1) is 5.54 Å². The minimum absolute atomic E-state index is 0.135. The Bertz CT molecular complexity index is 361. The maximum absolute atomic E-state index is 12.9. The molecule has 0 spiro atoms. The van der Waals surface area contributed by atoms with Crippen LogP contribution in [-0.2, 0) is 9.59 Å². The summed E-state index contributed by atoms with van der Waals surface area (Å²) >= 11 is 0. The quantitative estimate of drug-likeness (QED) is 0.620. The molecule has 1 aliphatic carbocycles. The molecule has 2 amide bonds. The number of hydrogen-bond donors (Lipinski definition) is 2. The summed E-state index contributed by atoms with van der Waals surface area (Å²) in [5.41, 5.74) is 5.31. The number of amidine groups is 1. The summed E-state index contributed by atoms with van der Waals surface area (Å²) in [6.07, 6.45) is 2.08. The first-order chi connectivity index (χ1) is 7.53. The summed E-state index contributed by atoms with van der Waals surface area (Å²) in [7, 11) is 0. The third-order valence-corrected chi connectivity index (χ3v) is 3.13. The van der Waals surface area contributed by atoms with Gasteiger partial charge < -0.3 is 11.1 Å². The van der Waals surface area contributed by atoms with Gasteiger partial charge in [-0.2, -0.15) is 4.99 Å². The van der Waals surface area contributed by atoms with Gasteiger partial charge in [-0.3, -0.25) is 9.59 Å². The van der Waals surface area contributed by atoms with E-state index >= 15 is 0 Å². The molecule has 0 aromatic heterocycles. The average molecular weight is 227 g/mol. The molecule has 0 saturated heterocycles. The van der Waals surface area contributed by atoms with Gasteiger partial charge in [0.2, 0.25) is 0 Å². The van der Waals surface area contributed by atoms with Gasteiger partial charge in [0.25, 0.3) is 18.0 Å². The highest BCUT2D eigenvalue weighted by Crippen LogP contribution is 2.27. The summed E-state index contributed by atoms with van der Waals surface area (Å²) in [5, 5.41) is 2.30. The van der Waals surface area contributed by atoms with Crippen LogP contribution in [0.5, 0.6) is 0 Å². The normalized spacial score (nSPS) is 29.6. The van der Waals surface area contributed by atoms with Gasteiger partial charge in [-0.05, 0) is 12.8 Å². The smallest absolute Gasteiger partial charge is 0.291 e. The Morgan fingerprint density at radius 2 is 1.94 bits per heavy atom. The van der Waals surface area contributed by atoms with Crippen molar-refractivity contribution < 1.29 is 14.0 Å². The highest BCUT2D eigenvalue weighted by Gasteiger charge is 2.40. The van der Waals surface area contributed by atoms with Crippen molar-refractivity contribution in [1.82, 2.24) is 5.32 Å². The monoisotopic (exact) mass is 227 g/mol. The Balaban J connectivity index is 2.24. The van der Waals surface area contributed by atoms with Crippen molar-refractivity contribution in [2.45, 2.75) is 43.8 Å². The van der Waals surface area contributed by atoms with Crippen LogP contribution in [0.1, 0.15) is 32.1 Å². The molecule has 2 aliphatic rings. The molecular formula is C10H14FN3O2. The predicted molar refractivity (Wildman–Crippen MR) is 55.5 cm³/mol. The zero-order valence-corrected chi connectivity index (χ0v) is 8.83. The van der Waals surface area contributed by atoms with E-state index in [4.69, 9.17) is 5.73 Å². The largest absolute Gasteiger partial charge is 0.319 e. The molecule has 1 atom stereocenters. The average Bonchev–Trinajstić information content (AvgIpc) is 2.26. The third-order valence-electron chi connectivity index (χ3n) is 3.13. The van der Waals surface area contributed by atoms with Gasteiger partial charge in [0, 0.05) is 0 Å². The Morgan fingerprint density at radius 3 is 2.50 bits per heavy atom. The zero-order chi connectivity index (χ0) is 11.8. The van der Waals surface area contributed by atoms with E-state index < -0.39 is 23.5 Å².